The maximum absolute atomic E-state index is 13.4. The summed E-state index contributed by atoms with van der Waals surface area (Å²) in [6, 6.07) is 12.0. The Kier molecular flexibility index (Phi) is 5.39. The van der Waals surface area contributed by atoms with Gasteiger partial charge in [-0.3, -0.25) is 9.59 Å². The third-order valence-corrected chi connectivity index (χ3v) is 6.58. The molecule has 0 saturated carbocycles. The summed E-state index contributed by atoms with van der Waals surface area (Å²) < 4.78 is 6.99. The highest BCUT2D eigenvalue weighted by Crippen LogP contribution is 2.47. The molecular weight excluding hydrogens is 444 g/mol. The number of Topliss-reactive ketones (excluding diaryl/α,β-unsaturated/α-hetero) is 1. The molecule has 2 aliphatic rings. The molecule has 2 aromatic carbocycles. The third kappa shape index (κ3) is 4.05. The Labute approximate surface area is 203 Å². The van der Waals surface area contributed by atoms with Crippen LogP contribution in [0, 0.1) is 12.3 Å². The molecule has 0 fully saturated rings. The summed E-state index contributed by atoms with van der Waals surface area (Å²) in [6.45, 7) is 6.11. The number of fused-ring (bicyclic) bond motifs is 1. The molecule has 1 amide bonds. The largest absolute Gasteiger partial charge is 0.504 e. The molecule has 2 heterocycles. The van der Waals surface area contributed by atoms with Crippen LogP contribution in [0.5, 0.6) is 11.5 Å². The fourth-order valence-corrected chi connectivity index (χ4v) is 4.88. The number of aryl methyl sites for hydroxylation is 1. The third-order valence-electron chi connectivity index (χ3n) is 6.58. The summed E-state index contributed by atoms with van der Waals surface area (Å²) in [6.07, 6.45) is 2.59. The highest BCUT2D eigenvalue weighted by Gasteiger charge is 2.42. The van der Waals surface area contributed by atoms with Gasteiger partial charge < -0.3 is 20.5 Å². The zero-order chi connectivity index (χ0) is 24.9. The van der Waals surface area contributed by atoms with Gasteiger partial charge >= 0.3 is 0 Å². The van der Waals surface area contributed by atoms with Crippen molar-refractivity contribution in [3.63, 3.8) is 0 Å². The van der Waals surface area contributed by atoms with Crippen LogP contribution in [0.25, 0.3) is 0 Å². The Morgan fingerprint density at radius 2 is 1.94 bits per heavy atom. The van der Waals surface area contributed by atoms with E-state index in [0.717, 1.165) is 16.8 Å². The molecular formula is C27H28N4O4. The second kappa shape index (κ2) is 8.30. The quantitative estimate of drug-likeness (QED) is 0.503. The number of amides is 1. The molecule has 0 bridgehead atoms. The molecule has 1 atom stereocenters. The number of hydrogen-bond acceptors (Lipinski definition) is 6. The molecule has 8 heteroatoms. The Morgan fingerprint density at radius 1 is 1.20 bits per heavy atom. The van der Waals surface area contributed by atoms with Crippen molar-refractivity contribution in [2.24, 2.45) is 5.41 Å². The molecule has 0 saturated heterocycles. The molecule has 0 radical (unpaired) electrons. The van der Waals surface area contributed by atoms with Gasteiger partial charge in [0.15, 0.2) is 17.3 Å². The molecule has 1 aliphatic heterocycles. The van der Waals surface area contributed by atoms with Crippen LogP contribution in [0.1, 0.15) is 54.2 Å². The number of aromatic hydroxyl groups is 1. The van der Waals surface area contributed by atoms with Crippen LogP contribution < -0.4 is 15.4 Å². The smallest absolute Gasteiger partial charge is 0.261 e. The van der Waals surface area contributed by atoms with Crippen LogP contribution in [-0.2, 0) is 4.79 Å². The van der Waals surface area contributed by atoms with E-state index in [-0.39, 0.29) is 22.9 Å². The van der Waals surface area contributed by atoms with Crippen molar-refractivity contribution in [3.8, 4) is 11.5 Å². The second-order valence-electron chi connectivity index (χ2n) is 9.96. The number of anilines is 2. The van der Waals surface area contributed by atoms with Gasteiger partial charge in [0.1, 0.15) is 17.4 Å². The monoisotopic (exact) mass is 472 g/mol. The maximum atomic E-state index is 13.4. The average molecular weight is 473 g/mol. The van der Waals surface area contributed by atoms with E-state index in [1.54, 1.807) is 22.9 Å². The number of phenols is 1. The first-order chi connectivity index (χ1) is 16.7. The number of rotatable bonds is 4. The van der Waals surface area contributed by atoms with Gasteiger partial charge in [-0.1, -0.05) is 37.6 Å². The molecule has 1 aromatic heterocycles. The van der Waals surface area contributed by atoms with Gasteiger partial charge in [0.05, 0.1) is 13.3 Å². The van der Waals surface area contributed by atoms with Crippen LogP contribution in [0.2, 0.25) is 0 Å². The van der Waals surface area contributed by atoms with Crippen LogP contribution >= 0.6 is 0 Å². The Morgan fingerprint density at radius 3 is 2.66 bits per heavy atom. The van der Waals surface area contributed by atoms with Gasteiger partial charge in [-0.15, -0.1) is 0 Å². The lowest BCUT2D eigenvalue weighted by Crippen LogP contribution is -2.37. The normalized spacial score (nSPS) is 18.4. The Bertz CT molecular complexity index is 1370. The lowest BCUT2D eigenvalue weighted by molar-refractivity contribution is -0.118. The van der Waals surface area contributed by atoms with Crippen molar-refractivity contribution in [2.75, 3.05) is 17.7 Å². The molecule has 5 rings (SSSR count). The van der Waals surface area contributed by atoms with Crippen molar-refractivity contribution in [3.05, 3.63) is 76.6 Å². The number of allylic oxidation sites excluding steroid dienone is 2. The van der Waals surface area contributed by atoms with E-state index in [1.165, 1.54) is 13.3 Å². The van der Waals surface area contributed by atoms with Crippen LogP contribution in [-0.4, -0.2) is 33.7 Å². The Hall–Kier alpha value is -4.07. The van der Waals surface area contributed by atoms with Crippen molar-refractivity contribution >= 4 is 23.2 Å². The molecule has 3 N–H and O–H groups in total. The van der Waals surface area contributed by atoms with E-state index in [0.29, 0.717) is 41.2 Å². The molecule has 1 unspecified atom stereocenters. The van der Waals surface area contributed by atoms with Crippen LogP contribution in [0.15, 0.2) is 59.9 Å². The van der Waals surface area contributed by atoms with Crippen LogP contribution in [0.4, 0.5) is 11.5 Å². The minimum Gasteiger partial charge on any atom is -0.504 e. The first-order valence-electron chi connectivity index (χ1n) is 11.5. The molecule has 0 spiro atoms. The number of ether oxygens (including phenoxy) is 1. The number of nitrogens with zero attached hydrogens (tertiary/aromatic N) is 2. The number of carbonyl (C=O) groups is 2. The number of nitrogens with one attached hydrogen (secondary N) is 2. The number of benzene rings is 2. The first-order valence-corrected chi connectivity index (χ1v) is 11.5. The van der Waals surface area contributed by atoms with Crippen molar-refractivity contribution in [2.45, 2.75) is 39.7 Å². The maximum Gasteiger partial charge on any atom is 0.261 e. The SMILES string of the molecule is COc1cc(C2C3=C(CC(C)(C)CC3=O)Nc3c(C(=O)Nc4ccc(C)cc4)cnn32)ccc1O. The van der Waals surface area contributed by atoms with Gasteiger partial charge in [-0.25, -0.2) is 4.68 Å². The highest BCUT2D eigenvalue weighted by atomic mass is 16.5. The fourth-order valence-electron chi connectivity index (χ4n) is 4.88. The van der Waals surface area contributed by atoms with E-state index in [2.05, 4.69) is 29.6 Å². The Balaban J connectivity index is 1.61. The topological polar surface area (TPSA) is 105 Å². The van der Waals surface area contributed by atoms with E-state index in [1.807, 2.05) is 31.2 Å². The van der Waals surface area contributed by atoms with Gasteiger partial charge in [-0.05, 0) is 48.6 Å². The number of methoxy groups -OCH3 is 1. The number of aromatic nitrogens is 2. The summed E-state index contributed by atoms with van der Waals surface area (Å²) in [5.74, 6) is 0.575. The molecule has 1 aliphatic carbocycles. The standard InChI is InChI=1S/C27H28N4O4/c1-15-5-8-17(9-6-15)29-26(34)18-14-28-31-24(16-7-10-20(32)22(11-16)35-4)23-19(30-25(18)31)12-27(2,3)13-21(23)33/h5-11,14,24,30,32H,12-13H2,1-4H3,(H,29,34). The average Bonchev–Trinajstić information content (AvgIpc) is 3.22. The molecule has 180 valence electrons. The molecule has 35 heavy (non-hydrogen) atoms. The van der Waals surface area contributed by atoms with E-state index in [9.17, 15) is 14.7 Å². The van der Waals surface area contributed by atoms with Crippen molar-refractivity contribution < 1.29 is 19.4 Å². The summed E-state index contributed by atoms with van der Waals surface area (Å²) >= 11 is 0. The predicted molar refractivity (Wildman–Crippen MR) is 133 cm³/mol. The number of ketones is 1. The van der Waals surface area contributed by atoms with Gasteiger partial charge in [-0.2, -0.15) is 5.10 Å². The van der Waals surface area contributed by atoms with Crippen LogP contribution in [0.3, 0.4) is 0 Å². The molecule has 8 nitrogen and oxygen atoms in total. The highest BCUT2D eigenvalue weighted by molar-refractivity contribution is 6.08. The number of hydrogen-bond donors (Lipinski definition) is 3. The first kappa shape index (κ1) is 22.7. The lowest BCUT2D eigenvalue weighted by atomic mass is 9.73. The zero-order valence-electron chi connectivity index (χ0n) is 20.2. The summed E-state index contributed by atoms with van der Waals surface area (Å²) in [5, 5.41) is 21.0. The van der Waals surface area contributed by atoms with Gasteiger partial charge in [0.2, 0.25) is 0 Å². The molecule has 3 aromatic rings. The predicted octanol–water partition coefficient (Wildman–Crippen LogP) is 4.82. The van der Waals surface area contributed by atoms with E-state index >= 15 is 0 Å². The lowest BCUT2D eigenvalue weighted by Gasteiger charge is -2.39. The summed E-state index contributed by atoms with van der Waals surface area (Å²) in [7, 11) is 1.48. The fraction of sp³-hybridized carbons (Fsp3) is 0.296. The number of phenolic OH excluding ortho intramolecular Hbond substituents is 1. The van der Waals surface area contributed by atoms with Gasteiger partial charge in [0, 0.05) is 23.4 Å². The number of carbonyl (C=O) groups excluding carboxylic acids is 2. The summed E-state index contributed by atoms with van der Waals surface area (Å²) in [4.78, 5) is 26.6. The van der Waals surface area contributed by atoms with Crippen molar-refractivity contribution in [1.82, 2.24) is 9.78 Å². The van der Waals surface area contributed by atoms with Crippen molar-refractivity contribution in [1.29, 1.82) is 0 Å². The minimum absolute atomic E-state index is 0.00865. The zero-order valence-corrected chi connectivity index (χ0v) is 20.2. The summed E-state index contributed by atoms with van der Waals surface area (Å²) in [5.41, 5.74) is 4.10. The van der Waals surface area contributed by atoms with E-state index < -0.39 is 6.04 Å². The second-order valence-corrected chi connectivity index (χ2v) is 9.96. The minimum atomic E-state index is -0.555. The van der Waals surface area contributed by atoms with Gasteiger partial charge in [0.25, 0.3) is 5.91 Å². The van der Waals surface area contributed by atoms with E-state index in [4.69, 9.17) is 4.74 Å².